The first-order chi connectivity index (χ1) is 17.1. The minimum absolute atomic E-state index is 0.0491. The van der Waals surface area contributed by atoms with Crippen LogP contribution in [0.1, 0.15) is 33.7 Å². The van der Waals surface area contributed by atoms with Gasteiger partial charge in [-0.2, -0.15) is 5.10 Å². The van der Waals surface area contributed by atoms with Gasteiger partial charge in [0.2, 0.25) is 0 Å². The first-order valence-electron chi connectivity index (χ1n) is 11.8. The number of pyridine rings is 2. The molecule has 36 heavy (non-hydrogen) atoms. The van der Waals surface area contributed by atoms with E-state index in [0.717, 1.165) is 42.5 Å². The topological polar surface area (TPSA) is 107 Å². The summed E-state index contributed by atoms with van der Waals surface area (Å²) in [6.45, 7) is 7.87. The van der Waals surface area contributed by atoms with E-state index >= 15 is 0 Å². The molecule has 0 aliphatic rings. The first kappa shape index (κ1) is 22.7. The summed E-state index contributed by atoms with van der Waals surface area (Å²) >= 11 is 1.69. The molecule has 2 N–H and O–H groups in total. The predicted octanol–water partition coefficient (Wildman–Crippen LogP) is 4.71. The number of aliphatic hydroxyl groups is 1. The van der Waals surface area contributed by atoms with Crippen molar-refractivity contribution in [2.45, 2.75) is 45.9 Å². The number of thiophene rings is 1. The third-order valence-electron chi connectivity index (χ3n) is 6.39. The van der Waals surface area contributed by atoms with E-state index in [1.54, 1.807) is 53.9 Å². The molecule has 10 heteroatoms. The Morgan fingerprint density at radius 1 is 1.22 bits per heavy atom. The van der Waals surface area contributed by atoms with Crippen molar-refractivity contribution in [1.82, 2.24) is 33.9 Å². The average Bonchev–Trinajstić information content (AvgIpc) is 3.57. The molecule has 0 saturated heterocycles. The van der Waals surface area contributed by atoms with Crippen LogP contribution in [0.5, 0.6) is 0 Å². The maximum absolute atomic E-state index is 13.5. The Balaban J connectivity index is 1.67. The van der Waals surface area contributed by atoms with E-state index in [1.807, 2.05) is 43.1 Å². The van der Waals surface area contributed by atoms with Crippen molar-refractivity contribution in [3.63, 3.8) is 0 Å². The molecule has 0 aliphatic carbocycles. The maximum atomic E-state index is 13.5. The van der Waals surface area contributed by atoms with Gasteiger partial charge in [-0.3, -0.25) is 18.8 Å². The molecule has 6 heterocycles. The number of fused-ring (bicyclic) bond motifs is 4. The lowest BCUT2D eigenvalue weighted by molar-refractivity contribution is 0.0577. The molecule has 6 aromatic rings. The summed E-state index contributed by atoms with van der Waals surface area (Å²) in [4.78, 5) is 27.2. The fourth-order valence-electron chi connectivity index (χ4n) is 4.90. The van der Waals surface area contributed by atoms with Crippen molar-refractivity contribution in [2.75, 3.05) is 0 Å². The van der Waals surface area contributed by atoms with Crippen LogP contribution in [0.4, 0.5) is 0 Å². The van der Waals surface area contributed by atoms with E-state index in [4.69, 9.17) is 4.98 Å². The van der Waals surface area contributed by atoms with Crippen LogP contribution in [0, 0.1) is 0 Å². The predicted molar refractivity (Wildman–Crippen MR) is 143 cm³/mol. The van der Waals surface area contributed by atoms with Gasteiger partial charge in [0.05, 0.1) is 34.8 Å². The van der Waals surface area contributed by atoms with Crippen LogP contribution in [0.25, 0.3) is 53.9 Å². The van der Waals surface area contributed by atoms with E-state index in [9.17, 15) is 9.90 Å². The fourth-order valence-corrected chi connectivity index (χ4v) is 5.95. The van der Waals surface area contributed by atoms with Gasteiger partial charge in [0.1, 0.15) is 11.3 Å². The highest BCUT2D eigenvalue weighted by Gasteiger charge is 2.25. The van der Waals surface area contributed by atoms with Crippen LogP contribution < -0.4 is 5.69 Å². The van der Waals surface area contributed by atoms with Gasteiger partial charge in [0.15, 0.2) is 0 Å². The van der Waals surface area contributed by atoms with E-state index in [2.05, 4.69) is 21.1 Å². The molecule has 9 nitrogen and oxygen atoms in total. The Morgan fingerprint density at radius 3 is 2.75 bits per heavy atom. The van der Waals surface area contributed by atoms with E-state index in [1.165, 1.54) is 0 Å². The zero-order valence-corrected chi connectivity index (χ0v) is 21.6. The highest BCUT2D eigenvalue weighted by molar-refractivity contribution is 7.22. The molecular formula is C26H27N7O2S. The van der Waals surface area contributed by atoms with Crippen molar-refractivity contribution in [2.24, 2.45) is 7.05 Å². The van der Waals surface area contributed by atoms with Crippen LogP contribution in [0.3, 0.4) is 0 Å². The highest BCUT2D eigenvalue weighted by atomic mass is 32.1. The molecule has 0 spiro atoms. The standard InChI is InChI=1S/C26H27N7O2S/c1-14(2)33-22-20-17(19-8-15-9-27-7-6-18(15)36-19)11-28-24(20)30-21(23(22)31(5)25(33)34)16-10-29-32(12-16)13-26(3,4)35/h6-12,14,35H,13H2,1-5H3,(H,28,30). The number of hydrogen-bond donors (Lipinski definition) is 2. The second-order valence-electron chi connectivity index (χ2n) is 10.2. The molecule has 6 aromatic heterocycles. The van der Waals surface area contributed by atoms with Gasteiger partial charge in [-0.05, 0) is 39.8 Å². The smallest absolute Gasteiger partial charge is 0.329 e. The van der Waals surface area contributed by atoms with Crippen molar-refractivity contribution in [3.8, 4) is 21.7 Å². The molecule has 0 unspecified atom stereocenters. The summed E-state index contributed by atoms with van der Waals surface area (Å²) in [5, 5.41) is 16.7. The third-order valence-corrected chi connectivity index (χ3v) is 7.54. The number of rotatable bonds is 5. The number of hydrogen-bond acceptors (Lipinski definition) is 6. The quantitative estimate of drug-likeness (QED) is 0.356. The van der Waals surface area contributed by atoms with Gasteiger partial charge >= 0.3 is 5.69 Å². The van der Waals surface area contributed by atoms with Crippen molar-refractivity contribution in [1.29, 1.82) is 0 Å². The lowest BCUT2D eigenvalue weighted by Gasteiger charge is -2.16. The van der Waals surface area contributed by atoms with Crippen molar-refractivity contribution >= 4 is 43.5 Å². The Kier molecular flexibility index (Phi) is 4.96. The maximum Gasteiger partial charge on any atom is 0.329 e. The number of nitrogens with zero attached hydrogens (tertiary/aromatic N) is 6. The average molecular weight is 502 g/mol. The normalized spacial score (nSPS) is 12.6. The molecule has 0 aromatic carbocycles. The van der Waals surface area contributed by atoms with E-state index < -0.39 is 5.60 Å². The van der Waals surface area contributed by atoms with Crippen LogP contribution in [0.2, 0.25) is 0 Å². The summed E-state index contributed by atoms with van der Waals surface area (Å²) in [5.74, 6) is 0. The van der Waals surface area contributed by atoms with Crippen molar-refractivity contribution < 1.29 is 5.11 Å². The monoisotopic (exact) mass is 501 g/mol. The number of imidazole rings is 1. The summed E-state index contributed by atoms with van der Waals surface area (Å²) < 4.78 is 6.38. The molecule has 0 radical (unpaired) electrons. The molecule has 0 fully saturated rings. The van der Waals surface area contributed by atoms with Gasteiger partial charge in [0.25, 0.3) is 0 Å². The van der Waals surface area contributed by atoms with Gasteiger partial charge in [-0.15, -0.1) is 11.3 Å². The summed E-state index contributed by atoms with van der Waals surface area (Å²) in [5.41, 5.74) is 3.78. The minimum atomic E-state index is -0.905. The molecule has 0 saturated carbocycles. The van der Waals surface area contributed by atoms with E-state index in [-0.39, 0.29) is 11.7 Å². The molecule has 0 aliphatic heterocycles. The third kappa shape index (κ3) is 3.48. The first-order valence-corrected chi connectivity index (χ1v) is 12.6. The lowest BCUT2D eigenvalue weighted by Crippen LogP contribution is -2.26. The molecular weight excluding hydrogens is 474 g/mol. The van der Waals surface area contributed by atoms with Crippen LogP contribution >= 0.6 is 11.3 Å². The van der Waals surface area contributed by atoms with Crippen LogP contribution in [0.15, 0.2) is 47.9 Å². The molecule has 184 valence electrons. The number of aryl methyl sites for hydroxylation is 1. The Morgan fingerprint density at radius 2 is 2.03 bits per heavy atom. The second kappa shape index (κ2) is 7.87. The van der Waals surface area contributed by atoms with Crippen LogP contribution in [-0.4, -0.2) is 44.6 Å². The Labute approximate surface area is 210 Å². The van der Waals surface area contributed by atoms with Crippen molar-refractivity contribution in [3.05, 3.63) is 53.6 Å². The number of H-pyrrole nitrogens is 1. The van der Waals surface area contributed by atoms with Gasteiger partial charge in [0, 0.05) is 64.0 Å². The Bertz CT molecular complexity index is 1790. The fraction of sp³-hybridized carbons (Fsp3) is 0.308. The number of nitrogens with one attached hydrogen (secondary N) is 1. The molecule has 0 bridgehead atoms. The van der Waals surface area contributed by atoms with E-state index in [0.29, 0.717) is 17.9 Å². The number of aromatic nitrogens is 7. The summed E-state index contributed by atoms with van der Waals surface area (Å²) in [6.07, 6.45) is 9.24. The highest BCUT2D eigenvalue weighted by Crippen LogP contribution is 2.41. The lowest BCUT2D eigenvalue weighted by atomic mass is 10.1. The van der Waals surface area contributed by atoms with Gasteiger partial charge in [-0.25, -0.2) is 9.78 Å². The van der Waals surface area contributed by atoms with Gasteiger partial charge < -0.3 is 10.1 Å². The SMILES string of the molecule is CC(C)n1c(=O)n(C)c2c(-c3cnn(CC(C)(C)O)c3)nc3[nH]cc(-c4cc5cnccc5s4)c3c21. The molecule has 0 amide bonds. The van der Waals surface area contributed by atoms with Gasteiger partial charge in [-0.1, -0.05) is 0 Å². The molecule has 6 rings (SSSR count). The zero-order valence-electron chi connectivity index (χ0n) is 20.8. The number of aromatic amines is 1. The minimum Gasteiger partial charge on any atom is -0.389 e. The Hall–Kier alpha value is -3.76. The second-order valence-corrected chi connectivity index (χ2v) is 11.2. The summed E-state index contributed by atoms with van der Waals surface area (Å²) in [7, 11) is 1.79. The largest absolute Gasteiger partial charge is 0.389 e. The molecule has 0 atom stereocenters. The van der Waals surface area contributed by atoms with Crippen LogP contribution in [-0.2, 0) is 13.6 Å². The zero-order chi connectivity index (χ0) is 25.4. The summed E-state index contributed by atoms with van der Waals surface area (Å²) in [6, 6.07) is 4.10.